The van der Waals surface area contributed by atoms with Crippen molar-refractivity contribution >= 4 is 17.3 Å². The Morgan fingerprint density at radius 3 is 2.93 bits per heavy atom. The van der Waals surface area contributed by atoms with Gasteiger partial charge < -0.3 is 4.74 Å². The van der Waals surface area contributed by atoms with Gasteiger partial charge in [-0.15, -0.1) is 10.2 Å². The van der Waals surface area contributed by atoms with Gasteiger partial charge in [-0.3, -0.25) is 4.98 Å². The van der Waals surface area contributed by atoms with Crippen LogP contribution in [0.25, 0.3) is 10.7 Å². The second-order valence-electron chi connectivity index (χ2n) is 2.62. The summed E-state index contributed by atoms with van der Waals surface area (Å²) in [5.41, 5.74) is 0.699. The van der Waals surface area contributed by atoms with Gasteiger partial charge in [0.25, 0.3) is 0 Å². The molecule has 0 saturated carbocycles. The van der Waals surface area contributed by atoms with Gasteiger partial charge in [-0.2, -0.15) is 0 Å². The Morgan fingerprint density at radius 1 is 1.40 bits per heavy atom. The maximum Gasteiger partial charge on any atom is 0.369 e. The number of nitrogens with zero attached hydrogens (tertiary/aromatic N) is 3. The van der Waals surface area contributed by atoms with Gasteiger partial charge in [-0.1, -0.05) is 17.4 Å². The van der Waals surface area contributed by atoms with Gasteiger partial charge in [0.05, 0.1) is 7.11 Å². The van der Waals surface area contributed by atoms with Crippen molar-refractivity contribution in [2.24, 2.45) is 0 Å². The van der Waals surface area contributed by atoms with E-state index in [9.17, 15) is 4.79 Å². The Hall–Kier alpha value is -1.82. The van der Waals surface area contributed by atoms with Crippen molar-refractivity contribution in [1.29, 1.82) is 0 Å². The first-order chi connectivity index (χ1) is 7.31. The molecule has 2 rings (SSSR count). The van der Waals surface area contributed by atoms with Crippen LogP contribution in [0, 0.1) is 0 Å². The van der Waals surface area contributed by atoms with E-state index < -0.39 is 5.97 Å². The molecule has 0 N–H and O–H groups in total. The van der Waals surface area contributed by atoms with Gasteiger partial charge >= 0.3 is 5.97 Å². The maximum atomic E-state index is 11.1. The van der Waals surface area contributed by atoms with E-state index in [4.69, 9.17) is 0 Å². The number of hydrogen-bond donors (Lipinski definition) is 0. The van der Waals surface area contributed by atoms with Crippen molar-refractivity contribution in [3.8, 4) is 10.7 Å². The molecule has 0 aliphatic rings. The van der Waals surface area contributed by atoms with Crippen LogP contribution >= 0.6 is 11.3 Å². The van der Waals surface area contributed by atoms with Crippen molar-refractivity contribution in [1.82, 2.24) is 15.2 Å². The summed E-state index contributed by atoms with van der Waals surface area (Å²) in [6.45, 7) is 0. The molecule has 0 aliphatic carbocycles. The third-order valence-corrected chi connectivity index (χ3v) is 2.59. The van der Waals surface area contributed by atoms with E-state index in [1.165, 1.54) is 7.11 Å². The fourth-order valence-corrected chi connectivity index (χ4v) is 1.72. The standard InChI is InChI=1S/C9H7N3O2S/c1-14-9(13)8-12-11-7(15-8)6-4-2-3-5-10-6/h2-5H,1H3. The molecule has 0 aliphatic heterocycles. The predicted octanol–water partition coefficient (Wildman–Crippen LogP) is 1.39. The summed E-state index contributed by atoms with van der Waals surface area (Å²) in [4.78, 5) is 15.2. The molecule has 0 amide bonds. The van der Waals surface area contributed by atoms with E-state index in [-0.39, 0.29) is 5.01 Å². The first kappa shape index (κ1) is 9.72. The zero-order valence-corrected chi connectivity index (χ0v) is 8.69. The number of ether oxygens (including phenoxy) is 1. The molecule has 0 atom stereocenters. The molecule has 0 aromatic carbocycles. The van der Waals surface area contributed by atoms with Gasteiger partial charge in [0.15, 0.2) is 5.01 Å². The Kier molecular flexibility index (Phi) is 2.68. The second-order valence-corrected chi connectivity index (χ2v) is 3.60. The lowest BCUT2D eigenvalue weighted by atomic mass is 10.4. The molecule has 0 unspecified atom stereocenters. The van der Waals surface area contributed by atoms with Crippen LogP contribution in [0.15, 0.2) is 24.4 Å². The molecule has 0 bridgehead atoms. The number of aromatic nitrogens is 3. The normalized spacial score (nSPS) is 9.93. The summed E-state index contributed by atoms with van der Waals surface area (Å²) in [7, 11) is 1.31. The number of esters is 1. The van der Waals surface area contributed by atoms with Gasteiger partial charge in [0.2, 0.25) is 5.01 Å². The number of hydrogen-bond acceptors (Lipinski definition) is 6. The van der Waals surface area contributed by atoms with Crippen LogP contribution in [0.4, 0.5) is 0 Å². The highest BCUT2D eigenvalue weighted by Crippen LogP contribution is 2.21. The third kappa shape index (κ3) is 1.99. The zero-order chi connectivity index (χ0) is 10.7. The molecule has 2 aromatic heterocycles. The van der Waals surface area contributed by atoms with Crippen molar-refractivity contribution < 1.29 is 9.53 Å². The lowest BCUT2D eigenvalue weighted by Crippen LogP contribution is -1.99. The maximum absolute atomic E-state index is 11.1. The van der Waals surface area contributed by atoms with Crippen LogP contribution in [-0.2, 0) is 4.74 Å². The van der Waals surface area contributed by atoms with Gasteiger partial charge in [-0.25, -0.2) is 4.79 Å². The lowest BCUT2D eigenvalue weighted by molar-refractivity contribution is 0.0599. The van der Waals surface area contributed by atoms with Crippen molar-refractivity contribution in [2.45, 2.75) is 0 Å². The zero-order valence-electron chi connectivity index (χ0n) is 7.88. The molecule has 2 heterocycles. The summed E-state index contributed by atoms with van der Waals surface area (Å²) in [6, 6.07) is 5.47. The number of carbonyl (C=O) groups is 1. The quantitative estimate of drug-likeness (QED) is 0.717. The Bertz CT molecular complexity index is 469. The molecule has 5 nitrogen and oxygen atoms in total. The Balaban J connectivity index is 2.32. The largest absolute Gasteiger partial charge is 0.464 e. The number of methoxy groups -OCH3 is 1. The highest BCUT2D eigenvalue weighted by atomic mass is 32.1. The van der Waals surface area contributed by atoms with Crippen LogP contribution in [0.3, 0.4) is 0 Å². The second kappa shape index (κ2) is 4.14. The van der Waals surface area contributed by atoms with Crippen molar-refractivity contribution in [2.75, 3.05) is 7.11 Å². The minimum absolute atomic E-state index is 0.234. The number of carbonyl (C=O) groups excluding carboxylic acids is 1. The Labute approximate surface area is 89.8 Å². The molecule has 0 saturated heterocycles. The molecule has 0 spiro atoms. The highest BCUT2D eigenvalue weighted by molar-refractivity contribution is 7.16. The van der Waals surface area contributed by atoms with Crippen LogP contribution in [-0.4, -0.2) is 28.3 Å². The summed E-state index contributed by atoms with van der Waals surface area (Å²) in [5.74, 6) is -0.477. The van der Waals surface area contributed by atoms with Crippen molar-refractivity contribution in [3.05, 3.63) is 29.4 Å². The summed E-state index contributed by atoms with van der Waals surface area (Å²) in [6.07, 6.45) is 1.66. The number of pyridine rings is 1. The van der Waals surface area contributed by atoms with Gasteiger partial charge in [-0.05, 0) is 12.1 Å². The SMILES string of the molecule is COC(=O)c1nnc(-c2ccccn2)s1. The first-order valence-corrected chi connectivity index (χ1v) is 4.96. The van der Waals surface area contributed by atoms with Gasteiger partial charge in [0.1, 0.15) is 5.69 Å². The summed E-state index contributed by atoms with van der Waals surface area (Å²) >= 11 is 1.16. The smallest absolute Gasteiger partial charge is 0.369 e. The summed E-state index contributed by atoms with van der Waals surface area (Å²) in [5, 5.41) is 8.42. The predicted molar refractivity (Wildman–Crippen MR) is 54.5 cm³/mol. The average molecular weight is 221 g/mol. The monoisotopic (exact) mass is 221 g/mol. The average Bonchev–Trinajstić information content (AvgIpc) is 2.78. The molecule has 0 radical (unpaired) electrons. The minimum Gasteiger partial charge on any atom is -0.464 e. The van der Waals surface area contributed by atoms with Crippen LogP contribution in [0.5, 0.6) is 0 Å². The molecule has 2 aromatic rings. The molecule has 0 fully saturated rings. The van der Waals surface area contributed by atoms with Crippen molar-refractivity contribution in [3.63, 3.8) is 0 Å². The molecular weight excluding hydrogens is 214 g/mol. The Morgan fingerprint density at radius 2 is 2.27 bits per heavy atom. The lowest BCUT2D eigenvalue weighted by Gasteiger charge is -1.91. The van der Waals surface area contributed by atoms with E-state index in [0.717, 1.165) is 11.3 Å². The summed E-state index contributed by atoms with van der Waals surface area (Å²) < 4.78 is 4.53. The fourth-order valence-electron chi connectivity index (χ4n) is 0.986. The molecular formula is C9H7N3O2S. The first-order valence-electron chi connectivity index (χ1n) is 4.14. The minimum atomic E-state index is -0.477. The molecule has 6 heteroatoms. The van der Waals surface area contributed by atoms with Gasteiger partial charge in [0, 0.05) is 6.20 Å². The van der Waals surface area contributed by atoms with E-state index in [2.05, 4.69) is 19.9 Å². The number of rotatable bonds is 2. The van der Waals surface area contributed by atoms with E-state index in [0.29, 0.717) is 10.7 Å². The molecule has 15 heavy (non-hydrogen) atoms. The topological polar surface area (TPSA) is 65.0 Å². The van der Waals surface area contributed by atoms with E-state index in [1.807, 2.05) is 18.2 Å². The van der Waals surface area contributed by atoms with E-state index >= 15 is 0 Å². The molecule has 76 valence electrons. The third-order valence-electron chi connectivity index (χ3n) is 1.67. The van der Waals surface area contributed by atoms with Crippen LogP contribution in [0.1, 0.15) is 9.80 Å². The highest BCUT2D eigenvalue weighted by Gasteiger charge is 2.13. The van der Waals surface area contributed by atoms with Crippen LogP contribution < -0.4 is 0 Å². The van der Waals surface area contributed by atoms with E-state index in [1.54, 1.807) is 6.20 Å². The van der Waals surface area contributed by atoms with Crippen LogP contribution in [0.2, 0.25) is 0 Å². The fraction of sp³-hybridized carbons (Fsp3) is 0.111.